The quantitative estimate of drug-likeness (QED) is 0.418. The van der Waals surface area contributed by atoms with Crippen LogP contribution in [0.15, 0.2) is 12.7 Å². The zero-order valence-electron chi connectivity index (χ0n) is 12.1. The molecule has 0 amide bonds. The lowest BCUT2D eigenvalue weighted by Crippen LogP contribution is -2.46. The zero-order valence-corrected chi connectivity index (χ0v) is 12.1. The first-order valence-corrected chi connectivity index (χ1v) is 6.88. The summed E-state index contributed by atoms with van der Waals surface area (Å²) in [6.45, 7) is 11.3. The molecule has 2 heteroatoms. The number of hydrogen-bond acceptors (Lipinski definition) is 2. The van der Waals surface area contributed by atoms with Gasteiger partial charge in [-0.2, -0.15) is 0 Å². The van der Waals surface area contributed by atoms with Crippen LogP contribution >= 0.6 is 0 Å². The van der Waals surface area contributed by atoms with Gasteiger partial charge in [0.2, 0.25) is 0 Å². The molecule has 1 aliphatic heterocycles. The van der Waals surface area contributed by atoms with E-state index in [0.717, 1.165) is 19.3 Å². The number of ether oxygens (including phenoxy) is 2. The molecular formula is C16H26O2. The van der Waals surface area contributed by atoms with Crippen LogP contribution in [0.2, 0.25) is 0 Å². The largest absolute Gasteiger partial charge is 0.350 e. The van der Waals surface area contributed by atoms with Crippen molar-refractivity contribution in [3.05, 3.63) is 12.7 Å². The normalized spacial score (nSPS) is 20.8. The van der Waals surface area contributed by atoms with Gasteiger partial charge in [0.1, 0.15) is 0 Å². The lowest BCUT2D eigenvalue weighted by atomic mass is 9.82. The van der Waals surface area contributed by atoms with Gasteiger partial charge in [-0.3, -0.25) is 0 Å². The lowest BCUT2D eigenvalue weighted by molar-refractivity contribution is -0.284. The van der Waals surface area contributed by atoms with Crippen LogP contribution in [-0.4, -0.2) is 19.0 Å². The van der Waals surface area contributed by atoms with Crippen LogP contribution in [-0.2, 0) is 9.47 Å². The maximum atomic E-state index is 5.77. The van der Waals surface area contributed by atoms with Crippen molar-refractivity contribution in [1.29, 1.82) is 0 Å². The molecule has 0 aromatic rings. The molecule has 0 radical (unpaired) electrons. The second kappa shape index (κ2) is 6.97. The standard InChI is InChI=1S/C16H26O2/c1-5-7-8-9-10-12-16(11-6-2)13-17-15(3,4)18-14-16/h6H,2,5,7-8,11-14H2,1,3-4H3. The second-order valence-corrected chi connectivity index (χ2v) is 5.60. The van der Waals surface area contributed by atoms with Gasteiger partial charge in [0, 0.05) is 18.3 Å². The van der Waals surface area contributed by atoms with Gasteiger partial charge in [0.05, 0.1) is 13.2 Å². The summed E-state index contributed by atoms with van der Waals surface area (Å²) >= 11 is 0. The number of hydrogen-bond donors (Lipinski definition) is 0. The monoisotopic (exact) mass is 250 g/mol. The molecule has 1 aliphatic rings. The van der Waals surface area contributed by atoms with E-state index in [-0.39, 0.29) is 5.41 Å². The van der Waals surface area contributed by atoms with Gasteiger partial charge in [-0.25, -0.2) is 0 Å². The van der Waals surface area contributed by atoms with Gasteiger partial charge in [-0.1, -0.05) is 19.4 Å². The van der Waals surface area contributed by atoms with Gasteiger partial charge in [0.15, 0.2) is 5.79 Å². The van der Waals surface area contributed by atoms with E-state index < -0.39 is 5.79 Å². The fraction of sp³-hybridized carbons (Fsp3) is 0.750. The van der Waals surface area contributed by atoms with Crippen molar-refractivity contribution in [3.8, 4) is 11.8 Å². The molecule has 1 rings (SSSR count). The highest BCUT2D eigenvalue weighted by atomic mass is 16.7. The third-order valence-corrected chi connectivity index (χ3v) is 3.27. The summed E-state index contributed by atoms with van der Waals surface area (Å²) in [5, 5.41) is 0. The Morgan fingerprint density at radius 3 is 2.44 bits per heavy atom. The van der Waals surface area contributed by atoms with Crippen molar-refractivity contribution in [1.82, 2.24) is 0 Å². The Hall–Kier alpha value is -0.780. The first kappa shape index (κ1) is 15.3. The average Bonchev–Trinajstić information content (AvgIpc) is 2.33. The highest BCUT2D eigenvalue weighted by Gasteiger charge is 2.38. The summed E-state index contributed by atoms with van der Waals surface area (Å²) in [5.74, 6) is 6.07. The number of allylic oxidation sites excluding steroid dienone is 1. The van der Waals surface area contributed by atoms with Gasteiger partial charge >= 0.3 is 0 Å². The Morgan fingerprint density at radius 2 is 1.89 bits per heavy atom. The molecule has 0 bridgehead atoms. The summed E-state index contributed by atoms with van der Waals surface area (Å²) in [6.07, 6.45) is 7.05. The van der Waals surface area contributed by atoms with Crippen molar-refractivity contribution < 1.29 is 9.47 Å². The van der Waals surface area contributed by atoms with E-state index in [4.69, 9.17) is 9.47 Å². The van der Waals surface area contributed by atoms with Crippen molar-refractivity contribution in [2.75, 3.05) is 13.2 Å². The molecule has 1 saturated heterocycles. The van der Waals surface area contributed by atoms with Gasteiger partial charge in [0.25, 0.3) is 0 Å². The minimum absolute atomic E-state index is 0.00349. The van der Waals surface area contributed by atoms with Crippen LogP contribution in [0.3, 0.4) is 0 Å². The van der Waals surface area contributed by atoms with Crippen molar-refractivity contribution in [2.45, 2.75) is 58.7 Å². The summed E-state index contributed by atoms with van der Waals surface area (Å²) < 4.78 is 11.5. The van der Waals surface area contributed by atoms with E-state index >= 15 is 0 Å². The fourth-order valence-electron chi connectivity index (χ4n) is 1.94. The Balaban J connectivity index is 2.53. The molecule has 2 nitrogen and oxygen atoms in total. The number of rotatable bonds is 5. The Bertz CT molecular complexity index is 310. The van der Waals surface area contributed by atoms with Crippen molar-refractivity contribution in [3.63, 3.8) is 0 Å². The highest BCUT2D eigenvalue weighted by molar-refractivity contribution is 5.05. The lowest BCUT2D eigenvalue weighted by Gasteiger charge is -2.42. The molecule has 18 heavy (non-hydrogen) atoms. The molecule has 0 unspecified atom stereocenters. The van der Waals surface area contributed by atoms with Crippen LogP contribution < -0.4 is 0 Å². The Kier molecular flexibility index (Phi) is 5.91. The van der Waals surface area contributed by atoms with Crippen LogP contribution in [0.5, 0.6) is 0 Å². The first-order chi connectivity index (χ1) is 8.54. The third-order valence-electron chi connectivity index (χ3n) is 3.27. The summed E-state index contributed by atoms with van der Waals surface area (Å²) in [7, 11) is 0. The maximum absolute atomic E-state index is 5.77. The topological polar surface area (TPSA) is 18.5 Å². The smallest absolute Gasteiger partial charge is 0.162 e. The van der Waals surface area contributed by atoms with Gasteiger partial charge < -0.3 is 9.47 Å². The Morgan fingerprint density at radius 1 is 1.22 bits per heavy atom. The van der Waals surface area contributed by atoms with Crippen LogP contribution in [0.25, 0.3) is 0 Å². The molecule has 102 valence electrons. The average molecular weight is 250 g/mol. The fourth-order valence-corrected chi connectivity index (χ4v) is 1.94. The minimum Gasteiger partial charge on any atom is -0.350 e. The molecule has 1 fully saturated rings. The summed E-state index contributed by atoms with van der Waals surface area (Å²) in [6, 6.07) is 0. The number of unbranched alkanes of at least 4 members (excludes halogenated alkanes) is 2. The van der Waals surface area contributed by atoms with E-state index in [0.29, 0.717) is 13.2 Å². The summed E-state index contributed by atoms with van der Waals surface area (Å²) in [5.41, 5.74) is -0.00349. The van der Waals surface area contributed by atoms with E-state index in [1.807, 2.05) is 19.9 Å². The second-order valence-electron chi connectivity index (χ2n) is 5.60. The van der Waals surface area contributed by atoms with Crippen molar-refractivity contribution >= 4 is 0 Å². The van der Waals surface area contributed by atoms with Crippen LogP contribution in [0.1, 0.15) is 52.9 Å². The molecule has 0 aromatic heterocycles. The summed E-state index contributed by atoms with van der Waals surface area (Å²) in [4.78, 5) is 0. The maximum Gasteiger partial charge on any atom is 0.162 e. The molecule has 0 N–H and O–H groups in total. The van der Waals surface area contributed by atoms with Crippen LogP contribution in [0, 0.1) is 17.3 Å². The first-order valence-electron chi connectivity index (χ1n) is 6.88. The van der Waals surface area contributed by atoms with Crippen LogP contribution in [0.4, 0.5) is 0 Å². The SMILES string of the molecule is C=CCC1(CC#CCCCC)COC(C)(C)OC1. The third kappa shape index (κ3) is 4.84. The predicted molar refractivity (Wildman–Crippen MR) is 75.1 cm³/mol. The van der Waals surface area contributed by atoms with E-state index in [1.165, 1.54) is 12.8 Å². The molecule has 0 saturated carbocycles. The zero-order chi connectivity index (χ0) is 13.5. The molecule has 0 atom stereocenters. The Labute approximate surface area is 112 Å². The van der Waals surface area contributed by atoms with E-state index in [9.17, 15) is 0 Å². The van der Waals surface area contributed by atoms with Crippen molar-refractivity contribution in [2.24, 2.45) is 5.41 Å². The highest BCUT2D eigenvalue weighted by Crippen LogP contribution is 2.35. The molecule has 1 heterocycles. The van der Waals surface area contributed by atoms with E-state index in [1.54, 1.807) is 0 Å². The molecule has 0 spiro atoms. The molecule has 0 aliphatic carbocycles. The van der Waals surface area contributed by atoms with Gasteiger partial charge in [-0.05, 0) is 26.7 Å². The molecular weight excluding hydrogens is 224 g/mol. The van der Waals surface area contributed by atoms with E-state index in [2.05, 4.69) is 25.3 Å². The van der Waals surface area contributed by atoms with Gasteiger partial charge in [-0.15, -0.1) is 18.4 Å². The predicted octanol–water partition coefficient (Wildman–Crippen LogP) is 3.92. The molecule has 0 aromatic carbocycles. The minimum atomic E-state index is -0.458.